The number of morpholine rings is 1. The van der Waals surface area contributed by atoms with Crippen LogP contribution in [0.5, 0.6) is 11.5 Å². The molecule has 0 bridgehead atoms. The summed E-state index contributed by atoms with van der Waals surface area (Å²) < 4.78 is 35.1. The summed E-state index contributed by atoms with van der Waals surface area (Å²) in [5, 5.41) is 9.75. The molecule has 1 aromatic carbocycles. The molecule has 2 aliphatic heterocycles. The first-order valence-corrected chi connectivity index (χ1v) is 22.7. The molecule has 64 heavy (non-hydrogen) atoms. The molecule has 8 atom stereocenters. The van der Waals surface area contributed by atoms with Crippen molar-refractivity contribution in [2.75, 3.05) is 58.4 Å². The van der Waals surface area contributed by atoms with E-state index in [2.05, 4.69) is 32.4 Å². The van der Waals surface area contributed by atoms with Crippen LogP contribution in [0.2, 0.25) is 5.02 Å². The third kappa shape index (κ3) is 9.76. The van der Waals surface area contributed by atoms with Crippen LogP contribution < -0.4 is 25.4 Å². The molecule has 0 radical (unpaired) electrons. The van der Waals surface area contributed by atoms with Crippen molar-refractivity contribution in [2.45, 2.75) is 103 Å². The number of hydrogen-bond donors (Lipinski definition) is 3. The fraction of sp³-hybridized carbons (Fsp3) is 0.609. The monoisotopic (exact) mass is 905 g/mol. The van der Waals surface area contributed by atoms with Gasteiger partial charge in [0.05, 0.1) is 38.1 Å². The number of carbonyl (C=O) groups excluding carboxylic acids is 4. The SMILES string of the molecule is C=C[C@@H]1CC1(NC(=O)[C@@H]1C[C@@H](Oc2cc(-c3coc(NC(C)C)n3)nc3c(Cl)c(OCCN4CCOCC4)ccc23)CN1C(=O)[C@@H](NC(=O)O[C@@H]1C[C@@H]2C[C@@H]2C1)C(C)(C)C)C(=O)OC. The average molecular weight is 906 g/mol. The van der Waals surface area contributed by atoms with Gasteiger partial charge in [-0.3, -0.25) is 14.5 Å². The number of halogens is 1. The Morgan fingerprint density at radius 1 is 1.03 bits per heavy atom. The van der Waals surface area contributed by atoms with Crippen LogP contribution in [0.25, 0.3) is 22.3 Å². The second kappa shape index (κ2) is 18.4. The Balaban J connectivity index is 1.10. The average Bonchev–Trinajstić information content (AvgIpc) is 3.92. The smallest absolute Gasteiger partial charge is 0.408 e. The van der Waals surface area contributed by atoms with Gasteiger partial charge in [-0.15, -0.1) is 6.58 Å². The summed E-state index contributed by atoms with van der Waals surface area (Å²) in [6.07, 6.45) is 4.62. The fourth-order valence-electron chi connectivity index (χ4n) is 9.28. The van der Waals surface area contributed by atoms with Gasteiger partial charge < -0.3 is 49.0 Å². The van der Waals surface area contributed by atoms with Crippen molar-refractivity contribution in [2.24, 2.45) is 23.2 Å². The number of pyridine rings is 1. The van der Waals surface area contributed by atoms with Gasteiger partial charge >= 0.3 is 12.1 Å². The summed E-state index contributed by atoms with van der Waals surface area (Å²) in [7, 11) is 1.26. The predicted molar refractivity (Wildman–Crippen MR) is 237 cm³/mol. The first-order valence-electron chi connectivity index (χ1n) is 22.3. The summed E-state index contributed by atoms with van der Waals surface area (Å²) in [5.41, 5.74) is -0.903. The molecule has 3 aliphatic carbocycles. The predicted octanol–water partition coefficient (Wildman–Crippen LogP) is 5.60. The van der Waals surface area contributed by atoms with Crippen LogP contribution in [-0.4, -0.2) is 133 Å². The number of likely N-dealkylation sites (tertiary alicyclic amines) is 1. The molecule has 2 saturated heterocycles. The molecule has 1 unspecified atom stereocenters. The lowest BCUT2D eigenvalue weighted by Gasteiger charge is -2.35. The summed E-state index contributed by atoms with van der Waals surface area (Å²) >= 11 is 7.10. The highest BCUT2D eigenvalue weighted by Gasteiger charge is 2.62. The van der Waals surface area contributed by atoms with E-state index < -0.39 is 53.0 Å². The molecule has 3 saturated carbocycles. The molecule has 17 nitrogen and oxygen atoms in total. The van der Waals surface area contributed by atoms with E-state index in [1.165, 1.54) is 24.7 Å². The number of alkyl carbamates (subject to hydrolysis) is 1. The van der Waals surface area contributed by atoms with Gasteiger partial charge in [0.15, 0.2) is 0 Å². The quantitative estimate of drug-likeness (QED) is 0.119. The van der Waals surface area contributed by atoms with Crippen molar-refractivity contribution in [1.82, 2.24) is 30.4 Å². The van der Waals surface area contributed by atoms with Crippen LogP contribution in [0.4, 0.5) is 10.8 Å². The largest absolute Gasteiger partial charge is 0.491 e. The van der Waals surface area contributed by atoms with E-state index in [9.17, 15) is 19.2 Å². The van der Waals surface area contributed by atoms with E-state index in [0.717, 1.165) is 25.9 Å². The Hall–Kier alpha value is -5.13. The van der Waals surface area contributed by atoms with E-state index in [0.29, 0.717) is 84.4 Å². The van der Waals surface area contributed by atoms with Crippen molar-refractivity contribution >= 4 is 52.4 Å². The third-order valence-corrected chi connectivity index (χ3v) is 13.3. The minimum Gasteiger partial charge on any atom is -0.491 e. The number of nitrogens with zero attached hydrogens (tertiary/aromatic N) is 4. The summed E-state index contributed by atoms with van der Waals surface area (Å²) in [5.74, 6) is -0.0176. The zero-order valence-electron chi connectivity index (χ0n) is 37.4. The van der Waals surface area contributed by atoms with Crippen LogP contribution in [0.1, 0.15) is 66.7 Å². The normalized spacial score (nSPS) is 26.8. The summed E-state index contributed by atoms with van der Waals surface area (Å²) in [4.78, 5) is 69.0. The second-order valence-electron chi connectivity index (χ2n) is 19.1. The number of esters is 1. The van der Waals surface area contributed by atoms with E-state index in [1.807, 2.05) is 40.7 Å². The van der Waals surface area contributed by atoms with Crippen molar-refractivity contribution in [3.8, 4) is 22.9 Å². The number of hydrogen-bond acceptors (Lipinski definition) is 14. The van der Waals surface area contributed by atoms with Crippen LogP contribution in [0.15, 0.2) is 41.5 Å². The van der Waals surface area contributed by atoms with Gasteiger partial charge in [0.25, 0.3) is 6.01 Å². The van der Waals surface area contributed by atoms with Crippen molar-refractivity contribution in [1.29, 1.82) is 0 Å². The van der Waals surface area contributed by atoms with Gasteiger partial charge in [-0.05, 0) is 68.9 Å². The molecule has 5 fully saturated rings. The molecule has 3 aromatic rings. The summed E-state index contributed by atoms with van der Waals surface area (Å²) in [6.45, 7) is 17.3. The first-order chi connectivity index (χ1) is 30.6. The number of amides is 3. The van der Waals surface area contributed by atoms with Crippen LogP contribution in [0, 0.1) is 23.2 Å². The minimum absolute atomic E-state index is 0.0373. The zero-order valence-corrected chi connectivity index (χ0v) is 38.2. The number of carbonyl (C=O) groups is 4. The Kier molecular flexibility index (Phi) is 13.1. The van der Waals surface area contributed by atoms with Crippen molar-refractivity contribution < 1.29 is 47.3 Å². The Morgan fingerprint density at radius 3 is 2.45 bits per heavy atom. The molecular formula is C46H60ClN7O10. The number of oxazole rings is 1. The molecule has 18 heteroatoms. The van der Waals surface area contributed by atoms with Crippen molar-refractivity contribution in [3.63, 3.8) is 0 Å². The van der Waals surface area contributed by atoms with Gasteiger partial charge in [0, 0.05) is 49.5 Å². The molecule has 3 amide bonds. The van der Waals surface area contributed by atoms with Crippen LogP contribution >= 0.6 is 11.6 Å². The van der Waals surface area contributed by atoms with Crippen molar-refractivity contribution in [3.05, 3.63) is 42.1 Å². The summed E-state index contributed by atoms with van der Waals surface area (Å²) in [6, 6.07) is 3.50. The standard InChI is InChI=1S/C46H60ClN7O10/c1-8-28-22-46(28,42(57)59-7)52-40(55)34-20-30(23-54(34)41(56)39(45(4,5)6)51-44(58)64-29-18-26-17-27(26)19-29)63-36-21-32(33-24-62-43(50-33)48-25(2)3)49-38-31(36)9-10-35(37(38)47)61-16-13-53-11-14-60-15-12-53/h8-10,21,24-30,34,39H,1,11-20,22-23H2,2-7H3,(H,48,50)(H,51,58)(H,52,55)/t26-,27+,28-,29+,30-,34+,39-,46?/m1/s1. The lowest BCUT2D eigenvalue weighted by Crippen LogP contribution is -2.59. The van der Waals surface area contributed by atoms with Gasteiger partial charge in [-0.1, -0.05) is 38.4 Å². The lowest BCUT2D eigenvalue weighted by atomic mass is 9.85. The highest BCUT2D eigenvalue weighted by Crippen LogP contribution is 2.52. The topological polar surface area (TPSA) is 196 Å². The number of methoxy groups -OCH3 is 1. The maximum Gasteiger partial charge on any atom is 0.408 e. The molecule has 3 N–H and O–H groups in total. The molecule has 8 rings (SSSR count). The molecule has 5 aliphatic rings. The third-order valence-electron chi connectivity index (χ3n) is 13.0. The minimum atomic E-state index is -1.31. The second-order valence-corrected chi connectivity index (χ2v) is 19.5. The number of nitrogens with one attached hydrogen (secondary N) is 3. The van der Waals surface area contributed by atoms with Gasteiger partial charge in [-0.2, -0.15) is 4.98 Å². The molecule has 2 aromatic heterocycles. The molecular weight excluding hydrogens is 846 g/mol. The number of aromatic nitrogens is 2. The highest BCUT2D eigenvalue weighted by molar-refractivity contribution is 6.36. The highest BCUT2D eigenvalue weighted by atomic mass is 35.5. The fourth-order valence-corrected chi connectivity index (χ4v) is 9.54. The van der Waals surface area contributed by atoms with E-state index in [1.54, 1.807) is 18.2 Å². The number of anilines is 1. The van der Waals surface area contributed by atoms with Crippen LogP contribution in [0.3, 0.4) is 0 Å². The number of rotatable bonds is 16. The molecule has 0 spiro atoms. The van der Waals surface area contributed by atoms with Gasteiger partial charge in [0.1, 0.15) is 64.9 Å². The van der Waals surface area contributed by atoms with Gasteiger partial charge in [0.2, 0.25) is 11.8 Å². The number of benzene rings is 1. The molecule has 4 heterocycles. The maximum atomic E-state index is 14.9. The Labute approximate surface area is 378 Å². The first kappa shape index (κ1) is 45.4. The zero-order chi connectivity index (χ0) is 45.5. The number of fused-ring (bicyclic) bond motifs is 2. The van der Waals surface area contributed by atoms with E-state index in [-0.39, 0.29) is 36.1 Å². The van der Waals surface area contributed by atoms with Crippen LogP contribution in [-0.2, 0) is 28.6 Å². The van der Waals surface area contributed by atoms with Gasteiger partial charge in [-0.25, -0.2) is 14.6 Å². The van der Waals surface area contributed by atoms with E-state index >= 15 is 0 Å². The Morgan fingerprint density at radius 2 is 1.78 bits per heavy atom. The molecule has 346 valence electrons. The number of ether oxygens (including phenoxy) is 5. The Bertz CT molecular complexity index is 2250. The lowest BCUT2D eigenvalue weighted by molar-refractivity contribution is -0.148. The van der Waals surface area contributed by atoms with E-state index in [4.69, 9.17) is 44.7 Å². The maximum absolute atomic E-state index is 14.9.